The van der Waals surface area contributed by atoms with Crippen LogP contribution >= 0.6 is 12.4 Å². The van der Waals surface area contributed by atoms with Crippen LogP contribution in [0.1, 0.15) is 5.82 Å². The van der Waals surface area contributed by atoms with Crippen LogP contribution in [0.15, 0.2) is 36.7 Å². The van der Waals surface area contributed by atoms with E-state index in [1.54, 1.807) is 24.5 Å². The van der Waals surface area contributed by atoms with Gasteiger partial charge in [-0.1, -0.05) is 12.1 Å². The maximum absolute atomic E-state index is 12.7. The van der Waals surface area contributed by atoms with Crippen LogP contribution in [-0.4, -0.2) is 16.5 Å². The first-order valence-electron chi connectivity index (χ1n) is 5.06. The van der Waals surface area contributed by atoms with Crippen LogP contribution in [0.2, 0.25) is 0 Å². The van der Waals surface area contributed by atoms with Crippen molar-refractivity contribution >= 4 is 12.4 Å². The molecule has 0 spiro atoms. The van der Waals surface area contributed by atoms with Gasteiger partial charge in [0.05, 0.1) is 0 Å². The van der Waals surface area contributed by atoms with Crippen LogP contribution in [0.3, 0.4) is 0 Å². The Labute approximate surface area is 105 Å². The van der Waals surface area contributed by atoms with E-state index in [0.717, 1.165) is 17.0 Å². The van der Waals surface area contributed by atoms with E-state index in [9.17, 15) is 4.39 Å². The van der Waals surface area contributed by atoms with Crippen molar-refractivity contribution in [2.75, 3.05) is 6.54 Å². The van der Waals surface area contributed by atoms with Crippen molar-refractivity contribution in [3.8, 4) is 11.1 Å². The quantitative estimate of drug-likeness (QED) is 0.913. The van der Waals surface area contributed by atoms with E-state index in [1.807, 2.05) is 0 Å². The molecule has 0 aliphatic heterocycles. The Morgan fingerprint density at radius 2 is 1.59 bits per heavy atom. The van der Waals surface area contributed by atoms with Gasteiger partial charge in [-0.2, -0.15) is 0 Å². The molecule has 1 aromatic carbocycles. The predicted molar refractivity (Wildman–Crippen MR) is 67.4 cm³/mol. The lowest BCUT2D eigenvalue weighted by Crippen LogP contribution is -2.06. The Kier molecular flexibility index (Phi) is 5.00. The van der Waals surface area contributed by atoms with Gasteiger partial charge in [0.1, 0.15) is 11.6 Å². The molecule has 1 aromatic heterocycles. The highest BCUT2D eigenvalue weighted by molar-refractivity contribution is 5.85. The van der Waals surface area contributed by atoms with Gasteiger partial charge in [-0.25, -0.2) is 14.4 Å². The second-order valence-corrected chi connectivity index (χ2v) is 3.43. The van der Waals surface area contributed by atoms with E-state index in [-0.39, 0.29) is 18.2 Å². The molecule has 17 heavy (non-hydrogen) atoms. The Bertz CT molecular complexity index is 456. The lowest BCUT2D eigenvalue weighted by molar-refractivity contribution is 0.628. The zero-order valence-corrected chi connectivity index (χ0v) is 9.95. The molecule has 0 unspecified atom stereocenters. The van der Waals surface area contributed by atoms with Crippen molar-refractivity contribution in [2.45, 2.75) is 6.42 Å². The van der Waals surface area contributed by atoms with Gasteiger partial charge in [-0.15, -0.1) is 12.4 Å². The minimum absolute atomic E-state index is 0. The average Bonchev–Trinajstić information content (AvgIpc) is 2.32. The van der Waals surface area contributed by atoms with Gasteiger partial charge in [0.25, 0.3) is 0 Å². The second kappa shape index (κ2) is 6.27. The average molecular weight is 254 g/mol. The second-order valence-electron chi connectivity index (χ2n) is 3.43. The summed E-state index contributed by atoms with van der Waals surface area (Å²) in [6.07, 6.45) is 4.13. The van der Waals surface area contributed by atoms with Gasteiger partial charge in [0.15, 0.2) is 0 Å². The van der Waals surface area contributed by atoms with Crippen molar-refractivity contribution in [2.24, 2.45) is 5.73 Å². The van der Waals surface area contributed by atoms with Crippen LogP contribution in [-0.2, 0) is 6.42 Å². The van der Waals surface area contributed by atoms with Crippen LogP contribution in [0.4, 0.5) is 4.39 Å². The minimum atomic E-state index is -0.246. The largest absolute Gasteiger partial charge is 0.330 e. The molecule has 2 N–H and O–H groups in total. The summed E-state index contributed by atoms with van der Waals surface area (Å²) >= 11 is 0. The lowest BCUT2D eigenvalue weighted by atomic mass is 10.1. The molecule has 1 heterocycles. The van der Waals surface area contributed by atoms with E-state index in [1.165, 1.54) is 12.1 Å². The number of nitrogens with two attached hydrogens (primary N) is 1. The van der Waals surface area contributed by atoms with E-state index in [4.69, 9.17) is 5.73 Å². The van der Waals surface area contributed by atoms with Crippen LogP contribution in [0, 0.1) is 5.82 Å². The number of aromatic nitrogens is 2. The molecule has 90 valence electrons. The fourth-order valence-electron chi connectivity index (χ4n) is 1.40. The third-order valence-corrected chi connectivity index (χ3v) is 2.25. The third-order valence-electron chi connectivity index (χ3n) is 2.25. The summed E-state index contributed by atoms with van der Waals surface area (Å²) in [7, 11) is 0. The summed E-state index contributed by atoms with van der Waals surface area (Å²) in [6.45, 7) is 0.538. The third kappa shape index (κ3) is 3.47. The smallest absolute Gasteiger partial charge is 0.129 e. The molecule has 0 saturated heterocycles. The first kappa shape index (κ1) is 13.5. The maximum atomic E-state index is 12.7. The number of nitrogens with zero attached hydrogens (tertiary/aromatic N) is 2. The molecule has 0 saturated carbocycles. The monoisotopic (exact) mass is 253 g/mol. The van der Waals surface area contributed by atoms with Crippen LogP contribution < -0.4 is 5.73 Å². The number of hydrogen-bond acceptors (Lipinski definition) is 3. The predicted octanol–water partition coefficient (Wildman–Crippen LogP) is 2.21. The Hall–Kier alpha value is -1.52. The minimum Gasteiger partial charge on any atom is -0.330 e. The van der Waals surface area contributed by atoms with E-state index in [0.29, 0.717) is 13.0 Å². The summed E-state index contributed by atoms with van der Waals surface area (Å²) < 4.78 is 12.7. The number of rotatable bonds is 3. The van der Waals surface area contributed by atoms with Gasteiger partial charge >= 0.3 is 0 Å². The molecule has 2 rings (SSSR count). The fourth-order valence-corrected chi connectivity index (χ4v) is 1.40. The van der Waals surface area contributed by atoms with Gasteiger partial charge in [-0.05, 0) is 24.2 Å². The van der Waals surface area contributed by atoms with E-state index in [2.05, 4.69) is 9.97 Å². The van der Waals surface area contributed by atoms with Gasteiger partial charge < -0.3 is 5.73 Å². The summed E-state index contributed by atoms with van der Waals surface area (Å²) in [5, 5.41) is 0. The highest BCUT2D eigenvalue weighted by Gasteiger charge is 2.00. The standard InChI is InChI=1S/C12H12FN3.ClH/c13-11-3-1-9(2-4-11)10-7-15-12(5-6-14)16-8-10;/h1-4,7-8H,5-6,14H2;1H. The number of benzene rings is 1. The molecular weight excluding hydrogens is 241 g/mol. The Morgan fingerprint density at radius 1 is 1.00 bits per heavy atom. The molecule has 0 bridgehead atoms. The van der Waals surface area contributed by atoms with E-state index >= 15 is 0 Å². The van der Waals surface area contributed by atoms with Crippen molar-refractivity contribution in [1.82, 2.24) is 9.97 Å². The van der Waals surface area contributed by atoms with Crippen molar-refractivity contribution < 1.29 is 4.39 Å². The normalized spacial score (nSPS) is 9.76. The topological polar surface area (TPSA) is 51.8 Å². The van der Waals surface area contributed by atoms with Gasteiger partial charge in [-0.3, -0.25) is 0 Å². The zero-order chi connectivity index (χ0) is 11.4. The van der Waals surface area contributed by atoms with Gasteiger partial charge in [0, 0.05) is 24.4 Å². The molecule has 0 amide bonds. The van der Waals surface area contributed by atoms with E-state index < -0.39 is 0 Å². The highest BCUT2D eigenvalue weighted by Crippen LogP contribution is 2.17. The summed E-state index contributed by atoms with van der Waals surface area (Å²) in [5.74, 6) is 0.484. The van der Waals surface area contributed by atoms with Gasteiger partial charge in [0.2, 0.25) is 0 Å². The Balaban J connectivity index is 0.00000144. The Morgan fingerprint density at radius 3 is 2.12 bits per heavy atom. The maximum Gasteiger partial charge on any atom is 0.129 e. The lowest BCUT2D eigenvalue weighted by Gasteiger charge is -2.02. The first-order chi connectivity index (χ1) is 7.79. The molecule has 0 atom stereocenters. The number of hydrogen-bond donors (Lipinski definition) is 1. The van der Waals surface area contributed by atoms with Crippen LogP contribution in [0.25, 0.3) is 11.1 Å². The molecule has 0 aliphatic rings. The first-order valence-corrected chi connectivity index (χ1v) is 5.06. The summed E-state index contributed by atoms with van der Waals surface area (Å²) in [6, 6.07) is 6.25. The molecule has 0 fully saturated rings. The van der Waals surface area contributed by atoms with Crippen molar-refractivity contribution in [3.05, 3.63) is 48.3 Å². The SMILES string of the molecule is Cl.NCCc1ncc(-c2ccc(F)cc2)cn1. The molecular formula is C12H13ClFN3. The molecule has 0 aliphatic carbocycles. The highest BCUT2D eigenvalue weighted by atomic mass is 35.5. The summed E-state index contributed by atoms with van der Waals surface area (Å²) in [4.78, 5) is 8.36. The number of halogens is 2. The van der Waals surface area contributed by atoms with Crippen molar-refractivity contribution in [1.29, 1.82) is 0 Å². The molecule has 5 heteroatoms. The molecule has 0 radical (unpaired) electrons. The van der Waals surface area contributed by atoms with Crippen molar-refractivity contribution in [3.63, 3.8) is 0 Å². The fraction of sp³-hybridized carbons (Fsp3) is 0.167. The molecule has 3 nitrogen and oxygen atoms in total. The zero-order valence-electron chi connectivity index (χ0n) is 9.14. The van der Waals surface area contributed by atoms with Crippen LogP contribution in [0.5, 0.6) is 0 Å². The summed E-state index contributed by atoms with van der Waals surface area (Å²) in [5.41, 5.74) is 7.18. The molecule has 2 aromatic rings.